The predicted octanol–water partition coefficient (Wildman–Crippen LogP) is 3.72. The quantitative estimate of drug-likeness (QED) is 0.321. The lowest BCUT2D eigenvalue weighted by atomic mass is 9.43. The summed E-state index contributed by atoms with van der Waals surface area (Å²) in [6, 6.07) is 3.01. The maximum Gasteiger partial charge on any atom is 0.494 e. The van der Waals surface area contributed by atoms with Crippen molar-refractivity contribution in [3.8, 4) is 5.75 Å². The maximum absolute atomic E-state index is 15.0. The van der Waals surface area contributed by atoms with Crippen LogP contribution in [0.3, 0.4) is 0 Å². The average Bonchev–Trinajstić information content (AvgIpc) is 3.45. The summed E-state index contributed by atoms with van der Waals surface area (Å²) in [5, 5.41) is 21.7. The Bertz CT molecular complexity index is 1170. The molecule has 1 aromatic rings. The number of Topliss-reactive ketones (excluding diaryl/α,β-unsaturated/α-hetero) is 1. The van der Waals surface area contributed by atoms with Crippen molar-refractivity contribution < 1.29 is 38.2 Å². The van der Waals surface area contributed by atoms with Crippen LogP contribution in [-0.2, 0) is 25.6 Å². The van der Waals surface area contributed by atoms with Gasteiger partial charge in [-0.2, -0.15) is 0 Å². The van der Waals surface area contributed by atoms with Crippen molar-refractivity contribution >= 4 is 24.3 Å². The summed E-state index contributed by atoms with van der Waals surface area (Å²) in [6.07, 6.45) is 4.29. The normalized spacial score (nSPS) is 39.4. The minimum atomic E-state index is -1.38. The van der Waals surface area contributed by atoms with Crippen LogP contribution in [0, 0.1) is 39.8 Å². The van der Waals surface area contributed by atoms with Crippen molar-refractivity contribution in [3.05, 3.63) is 36.2 Å². The lowest BCUT2D eigenvalue weighted by Crippen LogP contribution is -2.63. The fourth-order valence-electron chi connectivity index (χ4n) is 8.59. The highest BCUT2D eigenvalue weighted by Gasteiger charge is 2.68. The number of carbonyl (C=O) groups is 2. The molecule has 7 nitrogen and oxygen atoms in total. The molecule has 2 bridgehead atoms. The number of carbonyl (C=O) groups excluding carboxylic acids is 2. The van der Waals surface area contributed by atoms with Crippen molar-refractivity contribution in [1.82, 2.24) is 0 Å². The van der Waals surface area contributed by atoms with Crippen molar-refractivity contribution in [2.45, 2.75) is 85.0 Å². The summed E-state index contributed by atoms with van der Waals surface area (Å²) in [4.78, 5) is 26.8. The van der Waals surface area contributed by atoms with Crippen molar-refractivity contribution in [3.63, 3.8) is 0 Å². The zero-order valence-corrected chi connectivity index (χ0v) is 23.4. The lowest BCUT2D eigenvalue weighted by molar-refractivity contribution is -0.212. The summed E-state index contributed by atoms with van der Waals surface area (Å²) >= 11 is 0. The molecule has 0 unspecified atom stereocenters. The van der Waals surface area contributed by atoms with Gasteiger partial charge in [-0.1, -0.05) is 39.8 Å². The molecule has 5 rings (SSSR count). The number of halogens is 1. The number of hydrogen-bond acceptors (Lipinski definition) is 7. The molecule has 0 aromatic heterocycles. The van der Waals surface area contributed by atoms with E-state index < -0.39 is 48.5 Å². The average molecular weight is 542 g/mol. The maximum atomic E-state index is 15.0. The predicted molar refractivity (Wildman–Crippen MR) is 144 cm³/mol. The molecule has 3 aliphatic carbocycles. The number of aliphatic hydroxyl groups is 1. The zero-order chi connectivity index (χ0) is 28.3. The molecule has 212 valence electrons. The Morgan fingerprint density at radius 1 is 1.31 bits per heavy atom. The van der Waals surface area contributed by atoms with Gasteiger partial charge in [-0.25, -0.2) is 9.18 Å². The highest BCUT2D eigenvalue weighted by molar-refractivity contribution is 6.61. The lowest BCUT2D eigenvalue weighted by Gasteiger charge is -2.62. The minimum absolute atomic E-state index is 0.0174. The van der Waals surface area contributed by atoms with Gasteiger partial charge in [0.05, 0.1) is 12.7 Å². The van der Waals surface area contributed by atoms with Gasteiger partial charge in [0, 0.05) is 28.6 Å². The van der Waals surface area contributed by atoms with Crippen LogP contribution in [-0.4, -0.2) is 47.8 Å². The molecule has 1 heterocycles. The highest BCUT2D eigenvalue weighted by Crippen LogP contribution is 2.68. The van der Waals surface area contributed by atoms with Gasteiger partial charge in [-0.15, -0.1) is 6.58 Å². The second-order valence-corrected chi connectivity index (χ2v) is 12.9. The molecular formula is C30H40BFO7. The van der Waals surface area contributed by atoms with Crippen molar-refractivity contribution in [1.29, 1.82) is 0 Å². The number of ketones is 1. The monoisotopic (exact) mass is 542 g/mol. The Labute approximate surface area is 230 Å². The Morgan fingerprint density at radius 3 is 2.77 bits per heavy atom. The fraction of sp³-hybridized carbons (Fsp3) is 0.667. The molecular weight excluding hydrogens is 502 g/mol. The van der Waals surface area contributed by atoms with Crippen LogP contribution in [0.15, 0.2) is 24.8 Å². The number of benzene rings is 1. The summed E-state index contributed by atoms with van der Waals surface area (Å²) in [7, 11) is -1.38. The Hall–Kier alpha value is -2.23. The first-order chi connectivity index (χ1) is 18.4. The molecule has 39 heavy (non-hydrogen) atoms. The molecule has 8 atom stereocenters. The SMILES string of the molecule is C=CC[C@]1(C)C[C@@H](OC(=O)COc2ccc3c(c2F)B(O)OC3)[C@@]2(C)[C@@H]3C(=O)CC[C@@]3(CC[C@@H]2C)[C@@H](C)[C@@H]1O. The van der Waals surface area contributed by atoms with E-state index in [1.165, 1.54) is 6.07 Å². The summed E-state index contributed by atoms with van der Waals surface area (Å²) in [6.45, 7) is 11.8. The highest BCUT2D eigenvalue weighted by atomic mass is 19.1. The Balaban J connectivity index is 1.45. The van der Waals surface area contributed by atoms with Gasteiger partial charge < -0.3 is 24.3 Å². The first-order valence-corrected chi connectivity index (χ1v) is 14.1. The zero-order valence-electron chi connectivity index (χ0n) is 23.4. The summed E-state index contributed by atoms with van der Waals surface area (Å²) in [5.74, 6) is -1.71. The van der Waals surface area contributed by atoms with Crippen LogP contribution < -0.4 is 10.2 Å². The number of ether oxygens (including phenoxy) is 2. The third kappa shape index (κ3) is 4.27. The molecule has 9 heteroatoms. The van der Waals surface area contributed by atoms with E-state index in [9.17, 15) is 24.1 Å². The molecule has 0 spiro atoms. The number of allylic oxidation sites excluding steroid dienone is 1. The first-order valence-electron chi connectivity index (χ1n) is 14.1. The van der Waals surface area contributed by atoms with Crippen LogP contribution in [0.4, 0.5) is 4.39 Å². The van der Waals surface area contributed by atoms with Crippen LogP contribution in [0.2, 0.25) is 0 Å². The fourth-order valence-corrected chi connectivity index (χ4v) is 8.59. The van der Waals surface area contributed by atoms with E-state index in [0.29, 0.717) is 24.8 Å². The van der Waals surface area contributed by atoms with E-state index in [4.69, 9.17) is 14.1 Å². The van der Waals surface area contributed by atoms with Gasteiger partial charge in [-0.05, 0) is 61.0 Å². The van der Waals surface area contributed by atoms with E-state index >= 15 is 0 Å². The number of aliphatic hydroxyl groups excluding tert-OH is 1. The van der Waals surface area contributed by atoms with Crippen LogP contribution >= 0.6 is 0 Å². The number of rotatable bonds is 6. The van der Waals surface area contributed by atoms with E-state index in [1.807, 2.05) is 6.92 Å². The Morgan fingerprint density at radius 2 is 2.05 bits per heavy atom. The molecule has 1 aliphatic heterocycles. The van der Waals surface area contributed by atoms with Crippen LogP contribution in [0.5, 0.6) is 5.75 Å². The minimum Gasteiger partial charge on any atom is -0.479 e. The van der Waals surface area contributed by atoms with E-state index in [0.717, 1.165) is 19.3 Å². The van der Waals surface area contributed by atoms with Crippen LogP contribution in [0.1, 0.15) is 71.8 Å². The second kappa shape index (κ2) is 10.00. The smallest absolute Gasteiger partial charge is 0.479 e. The molecule has 1 aromatic carbocycles. The van der Waals surface area contributed by atoms with Crippen molar-refractivity contribution in [2.24, 2.45) is 34.0 Å². The molecule has 3 fully saturated rings. The number of hydrogen-bond donors (Lipinski definition) is 2. The number of fused-ring (bicyclic) bond motifs is 1. The van der Waals surface area contributed by atoms with Crippen molar-refractivity contribution in [2.75, 3.05) is 6.61 Å². The van der Waals surface area contributed by atoms with Gasteiger partial charge in [0.15, 0.2) is 18.2 Å². The molecule has 0 amide bonds. The van der Waals surface area contributed by atoms with Crippen LogP contribution in [0.25, 0.3) is 0 Å². The number of esters is 1. The van der Waals surface area contributed by atoms with Gasteiger partial charge >= 0.3 is 13.1 Å². The standard InChI is InChI=1S/C30H40BFO7/c1-6-11-28(4)14-22(39-23(34)16-37-21-8-7-19-15-38-31(36)24(19)25(21)32)29(5)17(2)9-12-30(18(3)27(28)35)13-10-20(33)26(29)30/h6-8,17-18,22,26-27,35-36H,1,9-16H2,2-5H3/t17-,18-,22+,26-,27-,28+,29-,30-/m0/s1. The third-order valence-corrected chi connectivity index (χ3v) is 11.0. The largest absolute Gasteiger partial charge is 0.494 e. The summed E-state index contributed by atoms with van der Waals surface area (Å²) < 4.78 is 31.8. The van der Waals surface area contributed by atoms with E-state index in [2.05, 4.69) is 27.4 Å². The summed E-state index contributed by atoms with van der Waals surface area (Å²) in [5.41, 5.74) is -1.04. The Kier molecular flexibility index (Phi) is 7.26. The van der Waals surface area contributed by atoms with Gasteiger partial charge in [-0.3, -0.25) is 4.79 Å². The van der Waals surface area contributed by atoms with Gasteiger partial charge in [0.25, 0.3) is 0 Å². The second-order valence-electron chi connectivity index (χ2n) is 12.9. The van der Waals surface area contributed by atoms with Gasteiger partial charge in [0.2, 0.25) is 0 Å². The van der Waals surface area contributed by atoms with E-state index in [-0.39, 0.29) is 46.8 Å². The topological polar surface area (TPSA) is 102 Å². The first kappa shape index (κ1) is 28.3. The third-order valence-electron chi connectivity index (χ3n) is 11.0. The van der Waals surface area contributed by atoms with Gasteiger partial charge in [0.1, 0.15) is 11.9 Å². The molecule has 2 N–H and O–H groups in total. The molecule has 3 saturated carbocycles. The molecule has 0 saturated heterocycles. The molecule has 0 radical (unpaired) electrons. The van der Waals surface area contributed by atoms with E-state index in [1.54, 1.807) is 12.1 Å². The molecule has 4 aliphatic rings.